The molecule has 0 aromatic heterocycles. The van der Waals surface area contributed by atoms with Crippen LogP contribution in [-0.4, -0.2) is 42.8 Å². The average molecular weight is 323 g/mol. The van der Waals surface area contributed by atoms with E-state index in [0.29, 0.717) is 25.2 Å². The van der Waals surface area contributed by atoms with Crippen LogP contribution in [0.1, 0.15) is 25.8 Å². The number of morpholine rings is 1. The summed E-state index contributed by atoms with van der Waals surface area (Å²) in [6, 6.07) is 8.83. The molecule has 1 saturated heterocycles. The topological polar surface area (TPSA) is 61.2 Å². The van der Waals surface area contributed by atoms with Crippen molar-refractivity contribution in [3.63, 3.8) is 0 Å². The Bertz CT molecular complexity index is 515. The summed E-state index contributed by atoms with van der Waals surface area (Å²) in [6.45, 7) is 6.31. The molecule has 1 aromatic rings. The molecule has 1 unspecified atom stereocenters. The number of halogens is 1. The average Bonchev–Trinajstić information content (AvgIpc) is 2.55. The van der Waals surface area contributed by atoms with Gasteiger partial charge in [0.05, 0.1) is 19.3 Å². The minimum absolute atomic E-state index is 0.00799. The van der Waals surface area contributed by atoms with Crippen LogP contribution in [0.3, 0.4) is 0 Å². The van der Waals surface area contributed by atoms with E-state index < -0.39 is 0 Å². The Balaban J connectivity index is 2.04. The largest absolute Gasteiger partial charge is 0.375 e. The molecule has 0 saturated carbocycles. The predicted molar refractivity (Wildman–Crippen MR) is 89.2 cm³/mol. The normalized spacial score (nSPS) is 23.8. The highest BCUT2D eigenvalue weighted by molar-refractivity contribution is 6.30. The monoisotopic (exact) mass is 322 g/mol. The van der Waals surface area contributed by atoms with Gasteiger partial charge in [-0.25, -0.2) is 0 Å². The van der Waals surface area contributed by atoms with Gasteiger partial charge in [0.1, 0.15) is 0 Å². The molecule has 120 valence electrons. The van der Waals surface area contributed by atoms with Crippen LogP contribution in [0, 0.1) is 0 Å². The number of rotatable bonds is 6. The second-order valence-corrected chi connectivity index (χ2v) is 6.24. The number of benzene rings is 1. The summed E-state index contributed by atoms with van der Waals surface area (Å²) in [4.78, 5) is 5.31. The van der Waals surface area contributed by atoms with E-state index >= 15 is 0 Å². The molecule has 0 bridgehead atoms. The van der Waals surface area contributed by atoms with E-state index in [1.54, 1.807) is 0 Å². The Morgan fingerprint density at radius 3 is 2.82 bits per heavy atom. The Labute approximate surface area is 136 Å². The fourth-order valence-corrected chi connectivity index (χ4v) is 2.99. The molecular weight excluding hydrogens is 300 g/mol. The van der Waals surface area contributed by atoms with Crippen LogP contribution in [0.25, 0.3) is 10.4 Å². The summed E-state index contributed by atoms with van der Waals surface area (Å²) in [6.07, 6.45) is 2.02. The first-order chi connectivity index (χ1) is 10.6. The first kappa shape index (κ1) is 17.1. The van der Waals surface area contributed by atoms with Crippen molar-refractivity contribution in [2.24, 2.45) is 5.11 Å². The summed E-state index contributed by atoms with van der Waals surface area (Å²) < 4.78 is 5.88. The fourth-order valence-electron chi connectivity index (χ4n) is 2.86. The van der Waals surface area contributed by atoms with E-state index in [4.69, 9.17) is 21.9 Å². The molecule has 6 heteroatoms. The summed E-state index contributed by atoms with van der Waals surface area (Å²) in [5, 5.41) is 4.41. The van der Waals surface area contributed by atoms with Crippen LogP contribution in [0.15, 0.2) is 29.4 Å². The van der Waals surface area contributed by atoms with Crippen LogP contribution in [0.5, 0.6) is 0 Å². The van der Waals surface area contributed by atoms with Crippen LogP contribution in [0.4, 0.5) is 0 Å². The van der Waals surface area contributed by atoms with Gasteiger partial charge >= 0.3 is 0 Å². The Morgan fingerprint density at radius 1 is 1.45 bits per heavy atom. The van der Waals surface area contributed by atoms with Crippen molar-refractivity contribution >= 4 is 11.6 Å². The van der Waals surface area contributed by atoms with Crippen molar-refractivity contribution < 1.29 is 4.74 Å². The number of ether oxygens (including phenoxy) is 1. The third kappa shape index (κ3) is 4.62. The maximum Gasteiger partial charge on any atom is 0.0759 e. The molecule has 1 aliphatic rings. The van der Waals surface area contributed by atoms with Crippen molar-refractivity contribution in [3.05, 3.63) is 45.3 Å². The molecule has 22 heavy (non-hydrogen) atoms. The zero-order chi connectivity index (χ0) is 15.9. The lowest BCUT2D eigenvalue weighted by Crippen LogP contribution is -2.54. The van der Waals surface area contributed by atoms with Crippen molar-refractivity contribution in [1.82, 2.24) is 4.90 Å². The number of nitrogens with zero attached hydrogens (tertiary/aromatic N) is 4. The maximum atomic E-state index is 8.47. The van der Waals surface area contributed by atoms with Gasteiger partial charge in [-0.05, 0) is 43.0 Å². The standard InChI is InChI=1S/C16H23ClN4O/c1-3-12(2)21-10-16(9-19-20-18)22-11-15(21)8-13-4-6-14(17)7-5-13/h4-7,12,15-16H,3,8-11H2,1-2H3/t12?,15-,16-/m0/s1. The quantitative estimate of drug-likeness (QED) is 0.450. The van der Waals surface area contributed by atoms with Gasteiger partial charge in [0.2, 0.25) is 0 Å². The third-order valence-electron chi connectivity index (χ3n) is 4.30. The smallest absolute Gasteiger partial charge is 0.0759 e. The molecule has 1 aliphatic heterocycles. The molecule has 0 radical (unpaired) electrons. The first-order valence-electron chi connectivity index (χ1n) is 7.76. The van der Waals surface area contributed by atoms with Gasteiger partial charge in [0, 0.05) is 28.6 Å². The summed E-state index contributed by atoms with van der Waals surface area (Å²) >= 11 is 5.95. The molecule has 1 heterocycles. The molecule has 5 nitrogen and oxygen atoms in total. The lowest BCUT2D eigenvalue weighted by molar-refractivity contribution is -0.0726. The SMILES string of the molecule is CCC(C)N1C[C@H](CN=[N+]=[N-])OC[C@@H]1Cc1ccc(Cl)cc1. The minimum atomic E-state index is -0.00799. The van der Waals surface area contributed by atoms with Crippen LogP contribution < -0.4 is 0 Å². The number of azide groups is 1. The van der Waals surface area contributed by atoms with Gasteiger partial charge < -0.3 is 4.74 Å². The Hall–Kier alpha value is -1.26. The highest BCUT2D eigenvalue weighted by atomic mass is 35.5. The Kier molecular flexibility index (Phi) is 6.52. The van der Waals surface area contributed by atoms with E-state index in [1.807, 2.05) is 12.1 Å². The van der Waals surface area contributed by atoms with Gasteiger partial charge in [-0.1, -0.05) is 35.8 Å². The van der Waals surface area contributed by atoms with Gasteiger partial charge in [-0.2, -0.15) is 0 Å². The van der Waals surface area contributed by atoms with Crippen LogP contribution >= 0.6 is 11.6 Å². The van der Waals surface area contributed by atoms with Crippen molar-refractivity contribution in [3.8, 4) is 0 Å². The zero-order valence-electron chi connectivity index (χ0n) is 13.2. The van der Waals surface area contributed by atoms with Gasteiger partial charge in [-0.15, -0.1) is 0 Å². The minimum Gasteiger partial charge on any atom is -0.375 e. The molecule has 0 aliphatic carbocycles. The Morgan fingerprint density at radius 2 is 2.18 bits per heavy atom. The van der Waals surface area contributed by atoms with Crippen molar-refractivity contribution in [1.29, 1.82) is 0 Å². The predicted octanol–water partition coefficient (Wildman–Crippen LogP) is 4.06. The van der Waals surface area contributed by atoms with Crippen molar-refractivity contribution in [2.45, 2.75) is 44.9 Å². The molecule has 3 atom stereocenters. The lowest BCUT2D eigenvalue weighted by atomic mass is 10.0. The molecule has 1 fully saturated rings. The first-order valence-corrected chi connectivity index (χ1v) is 8.14. The van der Waals surface area contributed by atoms with E-state index in [2.05, 4.69) is 40.9 Å². The van der Waals surface area contributed by atoms with E-state index in [0.717, 1.165) is 24.4 Å². The molecule has 0 amide bonds. The zero-order valence-corrected chi connectivity index (χ0v) is 13.9. The van der Waals surface area contributed by atoms with Gasteiger partial charge in [0.15, 0.2) is 0 Å². The second kappa shape index (κ2) is 8.39. The molecule has 0 spiro atoms. The van der Waals surface area contributed by atoms with E-state index in [9.17, 15) is 0 Å². The molecule has 0 N–H and O–H groups in total. The highest BCUT2D eigenvalue weighted by Gasteiger charge is 2.31. The van der Waals surface area contributed by atoms with Gasteiger partial charge in [0.25, 0.3) is 0 Å². The number of hydrogen-bond donors (Lipinski definition) is 0. The van der Waals surface area contributed by atoms with Crippen molar-refractivity contribution in [2.75, 3.05) is 19.7 Å². The lowest BCUT2D eigenvalue weighted by Gasteiger charge is -2.42. The molecular formula is C16H23ClN4O. The number of hydrogen-bond acceptors (Lipinski definition) is 3. The van der Waals surface area contributed by atoms with Gasteiger partial charge in [-0.3, -0.25) is 4.90 Å². The summed E-state index contributed by atoms with van der Waals surface area (Å²) in [5.41, 5.74) is 9.73. The molecule has 1 aromatic carbocycles. The maximum absolute atomic E-state index is 8.47. The molecule has 2 rings (SSSR count). The summed E-state index contributed by atoms with van der Waals surface area (Å²) in [5.74, 6) is 0. The fraction of sp³-hybridized carbons (Fsp3) is 0.625. The highest BCUT2D eigenvalue weighted by Crippen LogP contribution is 2.21. The van der Waals surface area contributed by atoms with E-state index in [1.165, 1.54) is 5.56 Å². The second-order valence-electron chi connectivity index (χ2n) is 5.81. The van der Waals surface area contributed by atoms with E-state index in [-0.39, 0.29) is 6.10 Å². The summed E-state index contributed by atoms with van der Waals surface area (Å²) in [7, 11) is 0. The van der Waals surface area contributed by atoms with Crippen LogP contribution in [-0.2, 0) is 11.2 Å². The van der Waals surface area contributed by atoms with Crippen LogP contribution in [0.2, 0.25) is 5.02 Å². The third-order valence-corrected chi connectivity index (χ3v) is 4.55.